The lowest BCUT2D eigenvalue weighted by Crippen LogP contribution is -2.44. The van der Waals surface area contributed by atoms with Crippen molar-refractivity contribution >= 4 is 0 Å². The second-order valence-corrected chi connectivity index (χ2v) is 5.50. The Hall–Kier alpha value is -1.30. The van der Waals surface area contributed by atoms with Crippen LogP contribution in [0.3, 0.4) is 0 Å². The van der Waals surface area contributed by atoms with Crippen molar-refractivity contribution in [1.29, 1.82) is 0 Å². The summed E-state index contributed by atoms with van der Waals surface area (Å²) in [6.07, 6.45) is 5.47. The van der Waals surface area contributed by atoms with Crippen LogP contribution in [-0.2, 0) is 15.9 Å². The minimum atomic E-state index is -0.166. The molecule has 0 aromatic heterocycles. The summed E-state index contributed by atoms with van der Waals surface area (Å²) < 4.78 is 0. The van der Waals surface area contributed by atoms with Gasteiger partial charge in [-0.3, -0.25) is 0 Å². The van der Waals surface area contributed by atoms with E-state index in [1.54, 1.807) is 7.11 Å². The Labute approximate surface area is 104 Å². The van der Waals surface area contributed by atoms with Gasteiger partial charge in [-0.05, 0) is 51.0 Å². The predicted octanol–water partition coefficient (Wildman–Crippen LogP) is 3.02. The number of fused-ring (bicyclic) bond motifs is 1. The van der Waals surface area contributed by atoms with Crippen molar-refractivity contribution in [2.24, 2.45) is 0 Å². The van der Waals surface area contributed by atoms with Crippen LogP contribution in [0.2, 0.25) is 0 Å². The van der Waals surface area contributed by atoms with E-state index >= 15 is 0 Å². The maximum absolute atomic E-state index is 5.58. The average molecular weight is 229 g/mol. The van der Waals surface area contributed by atoms with Crippen molar-refractivity contribution < 1.29 is 4.84 Å². The first-order chi connectivity index (χ1) is 7.85. The van der Waals surface area contributed by atoms with Crippen LogP contribution in [-0.4, -0.2) is 12.2 Å². The molecule has 2 rings (SSSR count). The minimum Gasteiger partial charge on any atom is -0.301 e. The van der Waals surface area contributed by atoms with Gasteiger partial charge in [-0.15, -0.1) is 6.42 Å². The van der Waals surface area contributed by atoms with Gasteiger partial charge in [-0.2, -0.15) is 5.06 Å². The summed E-state index contributed by atoms with van der Waals surface area (Å²) in [6, 6.07) is 6.21. The van der Waals surface area contributed by atoms with Crippen molar-refractivity contribution in [1.82, 2.24) is 5.06 Å². The molecule has 17 heavy (non-hydrogen) atoms. The zero-order valence-electron chi connectivity index (χ0n) is 11.2. The molecular formula is C15H19NO. The molecule has 2 nitrogen and oxygen atoms in total. The first-order valence-electron chi connectivity index (χ1n) is 5.81. The van der Waals surface area contributed by atoms with E-state index in [1.807, 2.05) is 11.1 Å². The summed E-state index contributed by atoms with van der Waals surface area (Å²) >= 11 is 0. The fraction of sp³-hybridized carbons (Fsp3) is 0.467. The molecule has 1 heterocycles. The van der Waals surface area contributed by atoms with Crippen LogP contribution in [0.4, 0.5) is 0 Å². The molecule has 1 aliphatic rings. The summed E-state index contributed by atoms with van der Waals surface area (Å²) in [6.45, 7) is 8.65. The molecule has 0 saturated heterocycles. The van der Waals surface area contributed by atoms with Gasteiger partial charge in [0.05, 0.1) is 18.2 Å². The Morgan fingerprint density at radius 1 is 1.12 bits per heavy atom. The first kappa shape index (κ1) is 12.2. The molecule has 1 aromatic carbocycles. The Morgan fingerprint density at radius 3 is 2.24 bits per heavy atom. The van der Waals surface area contributed by atoms with Gasteiger partial charge in [-0.25, -0.2) is 0 Å². The Kier molecular flexibility index (Phi) is 2.57. The summed E-state index contributed by atoms with van der Waals surface area (Å²) in [5, 5.41) is 2.03. The van der Waals surface area contributed by atoms with Crippen molar-refractivity contribution in [2.75, 3.05) is 7.11 Å². The summed E-state index contributed by atoms with van der Waals surface area (Å²) in [7, 11) is 1.72. The second-order valence-electron chi connectivity index (χ2n) is 5.50. The standard InChI is InChI=1S/C15H19NO/c1-7-11-8-9-12-13(10-11)15(4,5)16(17-6)14(12,2)3/h1,8-10H,2-6H3. The number of rotatable bonds is 1. The largest absolute Gasteiger partial charge is 0.301 e. The van der Waals surface area contributed by atoms with Gasteiger partial charge >= 0.3 is 0 Å². The maximum Gasteiger partial charge on any atom is 0.0668 e. The molecule has 0 spiro atoms. The smallest absolute Gasteiger partial charge is 0.0668 e. The van der Waals surface area contributed by atoms with Crippen molar-refractivity contribution in [2.45, 2.75) is 38.8 Å². The van der Waals surface area contributed by atoms with E-state index in [0.717, 1.165) is 5.56 Å². The summed E-state index contributed by atoms with van der Waals surface area (Å²) in [4.78, 5) is 5.58. The van der Waals surface area contributed by atoms with Gasteiger partial charge in [0.2, 0.25) is 0 Å². The third kappa shape index (κ3) is 1.50. The molecule has 90 valence electrons. The third-order valence-corrected chi connectivity index (χ3v) is 3.70. The highest BCUT2D eigenvalue weighted by molar-refractivity contribution is 5.48. The zero-order chi connectivity index (χ0) is 12.8. The summed E-state index contributed by atoms with van der Waals surface area (Å²) in [5.41, 5.74) is 3.15. The topological polar surface area (TPSA) is 12.5 Å². The fourth-order valence-corrected chi connectivity index (χ4v) is 3.05. The molecule has 0 aliphatic carbocycles. The number of benzene rings is 1. The van der Waals surface area contributed by atoms with Crippen LogP contribution < -0.4 is 0 Å². The number of hydroxylamine groups is 2. The van der Waals surface area contributed by atoms with Gasteiger partial charge < -0.3 is 4.84 Å². The Morgan fingerprint density at radius 2 is 1.71 bits per heavy atom. The molecule has 0 unspecified atom stereocenters. The van der Waals surface area contributed by atoms with E-state index in [0.29, 0.717) is 0 Å². The molecular weight excluding hydrogens is 210 g/mol. The fourth-order valence-electron chi connectivity index (χ4n) is 3.05. The van der Waals surface area contributed by atoms with Gasteiger partial charge in [0.25, 0.3) is 0 Å². The average Bonchev–Trinajstić information content (AvgIpc) is 2.42. The van der Waals surface area contributed by atoms with Gasteiger partial charge in [0.1, 0.15) is 0 Å². The number of terminal acetylenes is 1. The van der Waals surface area contributed by atoms with Crippen LogP contribution >= 0.6 is 0 Å². The maximum atomic E-state index is 5.58. The van der Waals surface area contributed by atoms with E-state index < -0.39 is 0 Å². The van der Waals surface area contributed by atoms with Crippen LogP contribution in [0.1, 0.15) is 44.4 Å². The lowest BCUT2D eigenvalue weighted by atomic mass is 9.89. The summed E-state index contributed by atoms with van der Waals surface area (Å²) in [5.74, 6) is 2.70. The molecule has 0 fully saturated rings. The molecule has 2 heteroatoms. The van der Waals surface area contributed by atoms with Gasteiger partial charge in [-0.1, -0.05) is 12.0 Å². The highest BCUT2D eigenvalue weighted by Gasteiger charge is 2.49. The van der Waals surface area contributed by atoms with Crippen LogP contribution in [0.15, 0.2) is 18.2 Å². The first-order valence-corrected chi connectivity index (χ1v) is 5.81. The van der Waals surface area contributed by atoms with Gasteiger partial charge in [0, 0.05) is 5.56 Å². The third-order valence-electron chi connectivity index (χ3n) is 3.70. The van der Waals surface area contributed by atoms with E-state index in [-0.39, 0.29) is 11.1 Å². The zero-order valence-corrected chi connectivity index (χ0v) is 11.2. The monoisotopic (exact) mass is 229 g/mol. The molecule has 0 N–H and O–H groups in total. The van der Waals surface area contributed by atoms with E-state index in [9.17, 15) is 0 Å². The number of hydrogen-bond acceptors (Lipinski definition) is 2. The second kappa shape index (κ2) is 3.60. The number of nitrogens with zero attached hydrogens (tertiary/aromatic N) is 1. The van der Waals surface area contributed by atoms with Crippen molar-refractivity contribution in [3.05, 3.63) is 34.9 Å². The molecule has 0 saturated carbocycles. The number of hydrogen-bond donors (Lipinski definition) is 0. The predicted molar refractivity (Wildman–Crippen MR) is 69.3 cm³/mol. The Balaban J connectivity index is 2.69. The molecule has 1 aliphatic heterocycles. The van der Waals surface area contributed by atoms with Crippen LogP contribution in [0.25, 0.3) is 0 Å². The minimum absolute atomic E-state index is 0.138. The lowest BCUT2D eigenvalue weighted by molar-refractivity contribution is -0.241. The van der Waals surface area contributed by atoms with Crippen molar-refractivity contribution in [3.63, 3.8) is 0 Å². The van der Waals surface area contributed by atoms with Crippen LogP contribution in [0, 0.1) is 12.3 Å². The van der Waals surface area contributed by atoms with E-state index in [2.05, 4.69) is 45.7 Å². The highest BCUT2D eigenvalue weighted by Crippen LogP contribution is 2.49. The normalized spacial score (nSPS) is 20.9. The van der Waals surface area contributed by atoms with Crippen molar-refractivity contribution in [3.8, 4) is 12.3 Å². The van der Waals surface area contributed by atoms with Crippen LogP contribution in [0.5, 0.6) is 0 Å². The molecule has 0 atom stereocenters. The molecule has 0 radical (unpaired) electrons. The lowest BCUT2D eigenvalue weighted by Gasteiger charge is -2.38. The molecule has 1 aromatic rings. The molecule has 0 bridgehead atoms. The quantitative estimate of drug-likeness (QED) is 0.686. The van der Waals surface area contributed by atoms with E-state index in [1.165, 1.54) is 11.1 Å². The SMILES string of the molecule is C#Cc1ccc2c(c1)C(C)(C)N(OC)C2(C)C. The highest BCUT2D eigenvalue weighted by atomic mass is 16.7. The Bertz CT molecular complexity index is 494. The molecule has 0 amide bonds. The van der Waals surface area contributed by atoms with Gasteiger partial charge in [0.15, 0.2) is 0 Å². The van der Waals surface area contributed by atoms with E-state index in [4.69, 9.17) is 11.3 Å².